The molecule has 1 saturated heterocycles. The summed E-state index contributed by atoms with van der Waals surface area (Å²) >= 11 is 0. The Labute approximate surface area is 234 Å². The Morgan fingerprint density at radius 2 is 1.88 bits per heavy atom. The van der Waals surface area contributed by atoms with Crippen LogP contribution in [0.2, 0.25) is 0 Å². The molecule has 4 aromatic rings. The molecule has 1 fully saturated rings. The van der Waals surface area contributed by atoms with Crippen LogP contribution < -0.4 is 0 Å². The summed E-state index contributed by atoms with van der Waals surface area (Å²) < 4.78 is 7.48. The lowest BCUT2D eigenvalue weighted by atomic mass is 9.74. The number of likely N-dealkylation sites (tertiary alicyclic amines) is 1. The van der Waals surface area contributed by atoms with E-state index in [1.54, 1.807) is 11.1 Å². The first kappa shape index (κ1) is 27.8. The van der Waals surface area contributed by atoms with Crippen molar-refractivity contribution >= 4 is 11.7 Å². The van der Waals surface area contributed by atoms with Crippen molar-refractivity contribution in [2.24, 2.45) is 0 Å². The SMILES string of the molecule is CCc1nn2c(C)cc(C)nc2c1Cc1ccc(C(c2c[nH]nn2)C2(O)CCN(C(=O)OC(C)(C)C)CC2)cc1. The molecular weight excluding hydrogens is 506 g/mol. The number of fused-ring (bicyclic) bond motifs is 1. The summed E-state index contributed by atoms with van der Waals surface area (Å²) in [6, 6.07) is 10.4. The van der Waals surface area contributed by atoms with Gasteiger partial charge in [-0.1, -0.05) is 36.4 Å². The number of nitrogens with zero attached hydrogens (tertiary/aromatic N) is 6. The van der Waals surface area contributed by atoms with Gasteiger partial charge < -0.3 is 14.7 Å². The minimum atomic E-state index is -1.09. The summed E-state index contributed by atoms with van der Waals surface area (Å²) in [5.41, 5.74) is 6.26. The van der Waals surface area contributed by atoms with Crippen LogP contribution in [0.4, 0.5) is 4.79 Å². The molecule has 5 rings (SSSR count). The Kier molecular flexibility index (Phi) is 7.39. The van der Waals surface area contributed by atoms with E-state index in [4.69, 9.17) is 14.8 Å². The number of carbonyl (C=O) groups is 1. The number of hydrogen-bond acceptors (Lipinski definition) is 7. The van der Waals surface area contributed by atoms with E-state index in [1.807, 2.05) is 38.3 Å². The Hall–Kier alpha value is -3.79. The molecule has 10 heteroatoms. The number of aromatic nitrogens is 6. The van der Waals surface area contributed by atoms with Gasteiger partial charge >= 0.3 is 6.09 Å². The van der Waals surface area contributed by atoms with Crippen molar-refractivity contribution in [3.05, 3.63) is 76.0 Å². The van der Waals surface area contributed by atoms with Crippen molar-refractivity contribution in [1.82, 2.24) is 34.9 Å². The molecule has 1 atom stereocenters. The van der Waals surface area contributed by atoms with Gasteiger partial charge in [-0.25, -0.2) is 14.3 Å². The van der Waals surface area contributed by atoms with E-state index in [0.717, 1.165) is 45.8 Å². The number of rotatable bonds is 6. The molecule has 1 unspecified atom stereocenters. The van der Waals surface area contributed by atoms with E-state index in [1.165, 1.54) is 0 Å². The van der Waals surface area contributed by atoms with E-state index in [0.29, 0.717) is 38.0 Å². The van der Waals surface area contributed by atoms with Crippen LogP contribution in [0.1, 0.15) is 85.9 Å². The van der Waals surface area contributed by atoms with Gasteiger partial charge in [-0.2, -0.15) is 5.10 Å². The lowest BCUT2D eigenvalue weighted by Gasteiger charge is -2.42. The first-order valence-corrected chi connectivity index (χ1v) is 14.0. The largest absolute Gasteiger partial charge is 0.444 e. The van der Waals surface area contributed by atoms with Crippen LogP contribution in [0.15, 0.2) is 36.5 Å². The molecule has 40 heavy (non-hydrogen) atoms. The number of carbonyl (C=O) groups excluding carboxylic acids is 1. The third-order valence-corrected chi connectivity index (χ3v) is 7.65. The van der Waals surface area contributed by atoms with Crippen LogP contribution in [0.5, 0.6) is 0 Å². The molecular formula is C30H39N7O3. The number of aromatic amines is 1. The van der Waals surface area contributed by atoms with Crippen LogP contribution in [0, 0.1) is 13.8 Å². The molecule has 4 heterocycles. The van der Waals surface area contributed by atoms with E-state index in [9.17, 15) is 9.90 Å². The summed E-state index contributed by atoms with van der Waals surface area (Å²) in [6.45, 7) is 12.5. The molecule has 0 radical (unpaired) electrons. The molecule has 1 aliphatic rings. The second-order valence-corrected chi connectivity index (χ2v) is 11.9. The van der Waals surface area contributed by atoms with Crippen LogP contribution in [-0.4, -0.2) is 70.4 Å². The van der Waals surface area contributed by atoms with Crippen LogP contribution >= 0.6 is 0 Å². The lowest BCUT2D eigenvalue weighted by Crippen LogP contribution is -2.50. The van der Waals surface area contributed by atoms with Gasteiger partial charge in [0.2, 0.25) is 0 Å². The molecule has 0 bridgehead atoms. The van der Waals surface area contributed by atoms with Gasteiger partial charge in [-0.05, 0) is 71.1 Å². The van der Waals surface area contributed by atoms with Crippen LogP contribution in [-0.2, 0) is 17.6 Å². The number of amides is 1. The predicted molar refractivity (Wildman–Crippen MR) is 151 cm³/mol. The summed E-state index contributed by atoms with van der Waals surface area (Å²) in [4.78, 5) is 19.1. The normalized spacial score (nSPS) is 16.3. The van der Waals surface area contributed by atoms with Gasteiger partial charge in [0.25, 0.3) is 0 Å². The van der Waals surface area contributed by atoms with E-state index in [2.05, 4.69) is 53.5 Å². The fourth-order valence-electron chi connectivity index (χ4n) is 5.71. The third-order valence-electron chi connectivity index (χ3n) is 7.65. The molecule has 212 valence electrons. The van der Waals surface area contributed by atoms with Gasteiger partial charge in [0.1, 0.15) is 5.60 Å². The number of benzene rings is 1. The lowest BCUT2D eigenvalue weighted by molar-refractivity contribution is -0.0419. The Morgan fingerprint density at radius 1 is 1.18 bits per heavy atom. The number of piperidine rings is 1. The molecule has 3 aromatic heterocycles. The topological polar surface area (TPSA) is 122 Å². The molecule has 10 nitrogen and oxygen atoms in total. The average Bonchev–Trinajstić information content (AvgIpc) is 3.53. The maximum Gasteiger partial charge on any atom is 0.410 e. The van der Waals surface area contributed by atoms with E-state index < -0.39 is 17.1 Å². The van der Waals surface area contributed by atoms with Crippen molar-refractivity contribution in [3.63, 3.8) is 0 Å². The summed E-state index contributed by atoms with van der Waals surface area (Å²) in [6.07, 6.45) is 3.73. The second-order valence-electron chi connectivity index (χ2n) is 11.9. The second kappa shape index (κ2) is 10.6. The number of H-pyrrole nitrogens is 1. The predicted octanol–water partition coefficient (Wildman–Crippen LogP) is 4.51. The fraction of sp³-hybridized carbons (Fsp3) is 0.500. The minimum absolute atomic E-state index is 0.351. The molecule has 0 aliphatic carbocycles. The highest BCUT2D eigenvalue weighted by Crippen LogP contribution is 2.41. The van der Waals surface area contributed by atoms with Gasteiger partial charge in [0.15, 0.2) is 5.65 Å². The standard InChI is InChI=1S/C30H39N7O3/c1-7-24-23(27-32-19(2)16-20(3)37(27)34-24)17-21-8-10-22(11-9-21)26(25-18-31-35-33-25)30(39)12-14-36(15-13-30)28(38)40-29(4,5)6/h8-11,16,18,26,39H,7,12-15,17H2,1-6H3,(H,31,33,35). The van der Waals surface area contributed by atoms with Crippen molar-refractivity contribution in [2.75, 3.05) is 13.1 Å². The summed E-state index contributed by atoms with van der Waals surface area (Å²) in [5, 5.41) is 27.7. The Balaban J connectivity index is 1.39. The summed E-state index contributed by atoms with van der Waals surface area (Å²) in [5.74, 6) is -0.392. The molecule has 1 aromatic carbocycles. The molecule has 0 spiro atoms. The first-order chi connectivity index (χ1) is 19.0. The molecule has 2 N–H and O–H groups in total. The van der Waals surface area contributed by atoms with Crippen molar-refractivity contribution < 1.29 is 14.6 Å². The maximum absolute atomic E-state index is 12.6. The fourth-order valence-corrected chi connectivity index (χ4v) is 5.71. The quantitative estimate of drug-likeness (QED) is 0.366. The van der Waals surface area contributed by atoms with Gasteiger partial charge in [-0.15, -0.1) is 5.10 Å². The van der Waals surface area contributed by atoms with Crippen molar-refractivity contribution in [2.45, 2.75) is 84.3 Å². The van der Waals surface area contributed by atoms with Gasteiger partial charge in [0, 0.05) is 42.7 Å². The average molecular weight is 546 g/mol. The van der Waals surface area contributed by atoms with Gasteiger partial charge in [-0.3, -0.25) is 5.10 Å². The zero-order valence-corrected chi connectivity index (χ0v) is 24.2. The van der Waals surface area contributed by atoms with Gasteiger partial charge in [0.05, 0.1) is 22.9 Å². The highest BCUT2D eigenvalue weighted by atomic mass is 16.6. The first-order valence-electron chi connectivity index (χ1n) is 14.0. The minimum Gasteiger partial charge on any atom is -0.444 e. The number of aryl methyl sites for hydroxylation is 3. The number of aliphatic hydroxyl groups is 1. The van der Waals surface area contributed by atoms with Crippen LogP contribution in [0.25, 0.3) is 5.65 Å². The zero-order chi connectivity index (χ0) is 28.7. The molecule has 1 aliphatic heterocycles. The number of hydrogen-bond donors (Lipinski definition) is 2. The number of nitrogens with one attached hydrogen (secondary N) is 1. The highest BCUT2D eigenvalue weighted by molar-refractivity contribution is 5.68. The summed E-state index contributed by atoms with van der Waals surface area (Å²) in [7, 11) is 0. The molecule has 0 saturated carbocycles. The third kappa shape index (κ3) is 5.58. The smallest absolute Gasteiger partial charge is 0.410 e. The Bertz CT molecular complexity index is 1480. The zero-order valence-electron chi connectivity index (χ0n) is 24.2. The number of ether oxygens (including phenoxy) is 1. The Morgan fingerprint density at radius 3 is 2.48 bits per heavy atom. The monoisotopic (exact) mass is 545 g/mol. The van der Waals surface area contributed by atoms with E-state index >= 15 is 0 Å². The van der Waals surface area contributed by atoms with E-state index in [-0.39, 0.29) is 6.09 Å². The molecule has 1 amide bonds. The van der Waals surface area contributed by atoms with Crippen molar-refractivity contribution in [3.8, 4) is 0 Å². The highest BCUT2D eigenvalue weighted by Gasteiger charge is 2.44. The van der Waals surface area contributed by atoms with Crippen LogP contribution in [0.3, 0.4) is 0 Å². The maximum atomic E-state index is 12.6. The van der Waals surface area contributed by atoms with Crippen molar-refractivity contribution in [1.29, 1.82) is 0 Å².